The first-order chi connectivity index (χ1) is 31.6. The Morgan fingerprint density at radius 1 is 0.478 bits per heavy atom. The van der Waals surface area contributed by atoms with Crippen molar-refractivity contribution in [3.05, 3.63) is 143 Å². The number of hydrogen-bond acceptors (Lipinski definition) is 4. The van der Waals surface area contributed by atoms with Crippen molar-refractivity contribution in [1.82, 2.24) is 4.57 Å². The molecule has 332 valence electrons. The molecule has 0 radical (unpaired) electrons. The van der Waals surface area contributed by atoms with Crippen molar-refractivity contribution < 1.29 is 4.42 Å². The second-order valence-corrected chi connectivity index (χ2v) is 25.1. The van der Waals surface area contributed by atoms with Crippen LogP contribution in [0.1, 0.15) is 111 Å². The van der Waals surface area contributed by atoms with Crippen LogP contribution >= 0.6 is 11.3 Å². The van der Waals surface area contributed by atoms with Crippen LogP contribution in [0.3, 0.4) is 0 Å². The lowest BCUT2D eigenvalue weighted by molar-refractivity contribution is 0.589. The van der Waals surface area contributed by atoms with Crippen molar-refractivity contribution in [1.29, 1.82) is 0 Å². The number of fused-ring (bicyclic) bond motifs is 14. The molecule has 3 aromatic heterocycles. The van der Waals surface area contributed by atoms with E-state index < -0.39 is 0 Å². The Balaban J connectivity index is 1.20. The molecule has 10 aromatic rings. The lowest BCUT2D eigenvalue weighted by Crippen LogP contribution is -2.61. The third-order valence-electron chi connectivity index (χ3n) is 15.3. The molecule has 0 spiro atoms. The Labute approximate surface area is 398 Å². The van der Waals surface area contributed by atoms with Crippen LogP contribution < -0.4 is 26.4 Å². The largest absolute Gasteiger partial charge is 0.468 e. The Morgan fingerprint density at radius 2 is 1.09 bits per heavy atom. The molecule has 13 rings (SSSR count). The maximum Gasteiger partial charge on any atom is 0.297 e. The number of furan rings is 1. The minimum absolute atomic E-state index is 0.00729. The number of benzene rings is 7. The summed E-state index contributed by atoms with van der Waals surface area (Å²) in [6, 6.07) is 45.1. The topological polar surface area (TPSA) is 24.6 Å². The lowest BCUT2D eigenvalue weighted by Gasteiger charge is -2.45. The highest BCUT2D eigenvalue weighted by atomic mass is 32.1. The van der Waals surface area contributed by atoms with E-state index >= 15 is 0 Å². The van der Waals surface area contributed by atoms with Crippen molar-refractivity contribution in [2.45, 2.75) is 112 Å². The highest BCUT2D eigenvalue weighted by Crippen LogP contribution is 2.55. The van der Waals surface area contributed by atoms with E-state index in [1.807, 2.05) is 11.3 Å². The second-order valence-electron chi connectivity index (χ2n) is 24.0. The first kappa shape index (κ1) is 41.0. The zero-order chi connectivity index (χ0) is 46.6. The average molecular weight is 892 g/mol. The van der Waals surface area contributed by atoms with Gasteiger partial charge in [-0.25, -0.2) is 0 Å². The molecule has 6 heterocycles. The second kappa shape index (κ2) is 13.0. The van der Waals surface area contributed by atoms with Gasteiger partial charge in [-0.2, -0.15) is 0 Å². The summed E-state index contributed by atoms with van der Waals surface area (Å²) in [6.45, 7) is 30.2. The molecule has 6 heteroatoms. The SMILES string of the molecule is Cc1cc2c3c(c1)N1c4c(cc(C(C)(C)C)cc4-n4c5ccc(C(C)(C)C)cc5c5cc(C(C)(C)C)cc1c54)B3c1oc3ccc(C(C)(C)C)cc3c1N2c1ccc2c(c1)sc1ccccc12. The number of thiophene rings is 1. The first-order valence-electron chi connectivity index (χ1n) is 24.2. The fraction of sp³-hybridized carbons (Fsp3) is 0.279. The third-order valence-corrected chi connectivity index (χ3v) is 16.4. The zero-order valence-corrected chi connectivity index (χ0v) is 42.0. The number of nitrogens with zero attached hydrogens (tertiary/aromatic N) is 3. The van der Waals surface area contributed by atoms with Crippen molar-refractivity contribution in [3.63, 3.8) is 0 Å². The van der Waals surface area contributed by atoms with Gasteiger partial charge in [0.05, 0.1) is 39.4 Å². The molecule has 4 nitrogen and oxygen atoms in total. The molecule has 3 aliphatic heterocycles. The predicted molar refractivity (Wildman–Crippen MR) is 291 cm³/mol. The molecule has 0 atom stereocenters. The van der Waals surface area contributed by atoms with Crippen LogP contribution in [0.2, 0.25) is 0 Å². The van der Waals surface area contributed by atoms with Crippen molar-refractivity contribution in [3.8, 4) is 5.69 Å². The monoisotopic (exact) mass is 891 g/mol. The third kappa shape index (κ3) is 5.66. The van der Waals surface area contributed by atoms with Crippen LogP contribution in [0.5, 0.6) is 0 Å². The fourth-order valence-electron chi connectivity index (χ4n) is 11.6. The van der Waals surface area contributed by atoms with Gasteiger partial charge in [0.15, 0.2) is 0 Å². The Hall–Kier alpha value is -6.24. The number of aromatic nitrogens is 1. The maximum absolute atomic E-state index is 7.46. The number of aryl methyl sites for hydroxylation is 1. The van der Waals surface area contributed by atoms with Gasteiger partial charge < -0.3 is 18.8 Å². The van der Waals surface area contributed by atoms with E-state index in [1.54, 1.807) is 0 Å². The van der Waals surface area contributed by atoms with Crippen LogP contribution in [0.15, 0.2) is 120 Å². The molecule has 67 heavy (non-hydrogen) atoms. The summed E-state index contributed by atoms with van der Waals surface area (Å²) in [5.41, 5.74) is 21.8. The molecule has 3 aliphatic rings. The molecule has 0 saturated carbocycles. The van der Waals surface area contributed by atoms with Gasteiger partial charge in [-0.15, -0.1) is 11.3 Å². The van der Waals surface area contributed by atoms with Crippen LogP contribution in [-0.4, -0.2) is 11.3 Å². The van der Waals surface area contributed by atoms with Crippen molar-refractivity contribution in [2.75, 3.05) is 9.80 Å². The summed E-state index contributed by atoms with van der Waals surface area (Å²) in [4.78, 5) is 5.23. The molecule has 0 aliphatic carbocycles. The fourth-order valence-corrected chi connectivity index (χ4v) is 12.8. The van der Waals surface area contributed by atoms with E-state index in [0.29, 0.717) is 0 Å². The Bertz CT molecular complexity index is 3830. The predicted octanol–water partition coefficient (Wildman–Crippen LogP) is 15.8. The van der Waals surface area contributed by atoms with E-state index in [-0.39, 0.29) is 28.4 Å². The maximum atomic E-state index is 7.46. The number of rotatable bonds is 1. The number of anilines is 6. The van der Waals surface area contributed by atoms with Crippen molar-refractivity contribution in [2.24, 2.45) is 0 Å². The van der Waals surface area contributed by atoms with Gasteiger partial charge >= 0.3 is 0 Å². The molecule has 7 aromatic carbocycles. The lowest BCUT2D eigenvalue weighted by atomic mass is 9.35. The molecular formula is C61H58BN3OS. The van der Waals surface area contributed by atoms with E-state index in [9.17, 15) is 0 Å². The Morgan fingerprint density at radius 3 is 1.81 bits per heavy atom. The van der Waals surface area contributed by atoms with Gasteiger partial charge in [-0.3, -0.25) is 0 Å². The standard InChI is InChI=1S/C61H58BN3OS/c1-33-24-46-53-47(25-33)65-48-30-36(60(8,9)10)28-42-41-26-34(58(2,3)4)18-22-45(41)64(54(42)48)49-31-37(61(11,12)13)29-44(56(49)65)62(53)57-55(43-27-35(59(5,6)7)19-23-50(43)66-57)63(46)38-20-21-40-39-16-14-15-17-51(39)67-52(40)32-38/h14-32H,1-13H3. The van der Waals surface area contributed by atoms with E-state index in [2.05, 4.69) is 220 Å². The summed E-state index contributed by atoms with van der Waals surface area (Å²) in [6.07, 6.45) is 0. The van der Waals surface area contributed by atoms with E-state index in [4.69, 9.17) is 4.42 Å². The highest BCUT2D eigenvalue weighted by molar-refractivity contribution is 7.25. The molecular weight excluding hydrogens is 834 g/mol. The molecule has 0 bridgehead atoms. The molecule has 0 amide bonds. The van der Waals surface area contributed by atoms with Crippen molar-refractivity contribution >= 4 is 122 Å². The molecule has 0 saturated heterocycles. The van der Waals surface area contributed by atoms with Gasteiger partial charge in [-0.1, -0.05) is 126 Å². The molecule has 0 N–H and O–H groups in total. The van der Waals surface area contributed by atoms with E-state index in [1.165, 1.54) is 109 Å². The summed E-state index contributed by atoms with van der Waals surface area (Å²) in [7, 11) is 0. The average Bonchev–Trinajstić information content (AvgIpc) is 3.93. The van der Waals surface area contributed by atoms with Crippen LogP contribution in [0.4, 0.5) is 34.1 Å². The Kier molecular flexibility index (Phi) is 7.98. The summed E-state index contributed by atoms with van der Waals surface area (Å²) >= 11 is 1.88. The van der Waals surface area contributed by atoms with Gasteiger partial charge in [0.25, 0.3) is 6.71 Å². The summed E-state index contributed by atoms with van der Waals surface area (Å²) < 4.78 is 12.7. The normalized spacial score (nSPS) is 14.6. The minimum atomic E-state index is -0.153. The van der Waals surface area contributed by atoms with Gasteiger partial charge in [0, 0.05) is 53.4 Å². The smallest absolute Gasteiger partial charge is 0.297 e. The van der Waals surface area contributed by atoms with Crippen LogP contribution in [0, 0.1) is 6.92 Å². The van der Waals surface area contributed by atoms with E-state index in [0.717, 1.165) is 28.0 Å². The first-order valence-corrected chi connectivity index (χ1v) is 25.0. The van der Waals surface area contributed by atoms with Gasteiger partial charge in [0.1, 0.15) is 5.58 Å². The zero-order valence-electron chi connectivity index (χ0n) is 41.2. The molecule has 0 fully saturated rings. The number of hydrogen-bond donors (Lipinski definition) is 0. The van der Waals surface area contributed by atoms with Crippen LogP contribution in [-0.2, 0) is 21.7 Å². The molecule has 0 unspecified atom stereocenters. The van der Waals surface area contributed by atoms with Crippen LogP contribution in [0.25, 0.3) is 58.6 Å². The highest BCUT2D eigenvalue weighted by Gasteiger charge is 2.50. The summed E-state index contributed by atoms with van der Waals surface area (Å²) in [5, 5.41) is 6.40. The van der Waals surface area contributed by atoms with Gasteiger partial charge in [0.2, 0.25) is 0 Å². The summed E-state index contributed by atoms with van der Waals surface area (Å²) in [5.74, 6) is 0. The van der Waals surface area contributed by atoms with Gasteiger partial charge in [-0.05, 0) is 140 Å². The minimum Gasteiger partial charge on any atom is -0.468 e. The quantitative estimate of drug-likeness (QED) is 0.154.